The molecule has 2 aromatic rings. The number of nitrogens with zero attached hydrogens (tertiary/aromatic N) is 1. The van der Waals surface area contributed by atoms with Gasteiger partial charge in [-0.2, -0.15) is 0 Å². The van der Waals surface area contributed by atoms with Gasteiger partial charge >= 0.3 is 0 Å². The van der Waals surface area contributed by atoms with Gasteiger partial charge in [-0.05, 0) is 30.2 Å². The molecule has 0 amide bonds. The van der Waals surface area contributed by atoms with Crippen LogP contribution in [0.3, 0.4) is 0 Å². The summed E-state index contributed by atoms with van der Waals surface area (Å²) in [6.07, 6.45) is 3.04. The lowest BCUT2D eigenvalue weighted by atomic mass is 10.1. The van der Waals surface area contributed by atoms with E-state index in [2.05, 4.69) is 48.4 Å². The number of nitrogens with one attached hydrogen (secondary N) is 1. The highest BCUT2D eigenvalue weighted by Crippen LogP contribution is 2.17. The topological polar surface area (TPSA) is 24.9 Å². The van der Waals surface area contributed by atoms with Crippen LogP contribution in [0.25, 0.3) is 10.9 Å². The molecule has 1 heterocycles. The van der Waals surface area contributed by atoms with Gasteiger partial charge in [0.15, 0.2) is 0 Å². The number of hydrogen-bond acceptors (Lipinski definition) is 2. The van der Waals surface area contributed by atoms with Gasteiger partial charge in [-0.25, -0.2) is 0 Å². The van der Waals surface area contributed by atoms with Gasteiger partial charge in [0.1, 0.15) is 0 Å². The molecule has 0 saturated carbocycles. The van der Waals surface area contributed by atoms with Crippen molar-refractivity contribution in [1.82, 2.24) is 4.98 Å². The second-order valence-electron chi connectivity index (χ2n) is 4.31. The molecule has 84 valence electrons. The van der Waals surface area contributed by atoms with E-state index in [-0.39, 0.29) is 0 Å². The van der Waals surface area contributed by atoms with E-state index < -0.39 is 0 Å². The zero-order valence-electron chi connectivity index (χ0n) is 9.90. The summed E-state index contributed by atoms with van der Waals surface area (Å²) in [5.74, 6) is 0.713. The van der Waals surface area contributed by atoms with Crippen molar-refractivity contribution in [3.8, 4) is 0 Å². The Balaban J connectivity index is 2.13. The molecule has 16 heavy (non-hydrogen) atoms. The van der Waals surface area contributed by atoms with Crippen LogP contribution in [0.15, 0.2) is 36.5 Å². The summed E-state index contributed by atoms with van der Waals surface area (Å²) in [5.41, 5.74) is 2.23. The fraction of sp³-hybridized carbons (Fsp3) is 0.357. The van der Waals surface area contributed by atoms with Gasteiger partial charge in [-0.1, -0.05) is 26.3 Å². The minimum Gasteiger partial charge on any atom is -0.385 e. The van der Waals surface area contributed by atoms with Gasteiger partial charge in [0.25, 0.3) is 0 Å². The number of pyridine rings is 1. The molecule has 1 atom stereocenters. The summed E-state index contributed by atoms with van der Waals surface area (Å²) >= 11 is 0. The molecule has 2 nitrogen and oxygen atoms in total. The molecule has 1 aromatic carbocycles. The number of hydrogen-bond donors (Lipinski definition) is 1. The standard InChI is InChI=1S/C14H18N2/c1-3-11(2)10-16-13-6-7-14-12(9-13)5-4-8-15-14/h4-9,11,16H,3,10H2,1-2H3. The Kier molecular flexibility index (Phi) is 3.40. The Morgan fingerprint density at radius 1 is 1.31 bits per heavy atom. The zero-order valence-corrected chi connectivity index (χ0v) is 9.90. The summed E-state index contributed by atoms with van der Waals surface area (Å²) in [5, 5.41) is 4.65. The van der Waals surface area contributed by atoms with Gasteiger partial charge in [0.2, 0.25) is 0 Å². The zero-order chi connectivity index (χ0) is 11.4. The van der Waals surface area contributed by atoms with Crippen LogP contribution in [0.2, 0.25) is 0 Å². The van der Waals surface area contributed by atoms with Crippen LogP contribution < -0.4 is 5.32 Å². The molecule has 0 saturated heterocycles. The fourth-order valence-corrected chi connectivity index (χ4v) is 1.62. The van der Waals surface area contributed by atoms with Gasteiger partial charge in [-0.3, -0.25) is 4.98 Å². The van der Waals surface area contributed by atoms with E-state index in [9.17, 15) is 0 Å². The van der Waals surface area contributed by atoms with Crippen molar-refractivity contribution in [3.63, 3.8) is 0 Å². The average Bonchev–Trinajstić information content (AvgIpc) is 2.35. The maximum absolute atomic E-state index is 4.31. The molecule has 0 aliphatic carbocycles. The summed E-state index contributed by atoms with van der Waals surface area (Å²) in [6.45, 7) is 5.51. The Morgan fingerprint density at radius 2 is 2.19 bits per heavy atom. The Labute approximate surface area is 96.7 Å². The average molecular weight is 214 g/mol. The van der Waals surface area contributed by atoms with Crippen LogP contribution in [-0.4, -0.2) is 11.5 Å². The van der Waals surface area contributed by atoms with Crippen molar-refractivity contribution in [1.29, 1.82) is 0 Å². The number of benzene rings is 1. The molecule has 0 aliphatic rings. The summed E-state index contributed by atoms with van der Waals surface area (Å²) in [7, 11) is 0. The first kappa shape index (κ1) is 10.9. The predicted molar refractivity (Wildman–Crippen MR) is 69.7 cm³/mol. The van der Waals surface area contributed by atoms with E-state index >= 15 is 0 Å². The fourth-order valence-electron chi connectivity index (χ4n) is 1.62. The Morgan fingerprint density at radius 3 is 3.00 bits per heavy atom. The quantitative estimate of drug-likeness (QED) is 0.839. The maximum atomic E-state index is 4.31. The largest absolute Gasteiger partial charge is 0.385 e. The molecule has 0 spiro atoms. The highest BCUT2D eigenvalue weighted by atomic mass is 14.9. The first-order valence-electron chi connectivity index (χ1n) is 5.88. The molecule has 1 unspecified atom stereocenters. The van der Waals surface area contributed by atoms with Gasteiger partial charge in [0.05, 0.1) is 5.52 Å². The van der Waals surface area contributed by atoms with Crippen molar-refractivity contribution < 1.29 is 0 Å². The van der Waals surface area contributed by atoms with E-state index in [0.717, 1.165) is 12.1 Å². The number of anilines is 1. The summed E-state index contributed by atoms with van der Waals surface area (Å²) in [4.78, 5) is 4.31. The van der Waals surface area contributed by atoms with E-state index in [4.69, 9.17) is 0 Å². The van der Waals surface area contributed by atoms with E-state index in [1.165, 1.54) is 17.5 Å². The van der Waals surface area contributed by atoms with E-state index in [0.29, 0.717) is 5.92 Å². The Hall–Kier alpha value is -1.57. The van der Waals surface area contributed by atoms with Crippen LogP contribution in [-0.2, 0) is 0 Å². The first-order valence-corrected chi connectivity index (χ1v) is 5.88. The second-order valence-corrected chi connectivity index (χ2v) is 4.31. The second kappa shape index (κ2) is 4.97. The van der Waals surface area contributed by atoms with Crippen molar-refractivity contribution in [2.45, 2.75) is 20.3 Å². The lowest BCUT2D eigenvalue weighted by molar-refractivity contribution is 0.593. The highest BCUT2D eigenvalue weighted by molar-refractivity contribution is 5.82. The molecular formula is C14H18N2. The highest BCUT2D eigenvalue weighted by Gasteiger charge is 1.99. The lowest BCUT2D eigenvalue weighted by Crippen LogP contribution is -2.09. The first-order chi connectivity index (χ1) is 7.79. The number of fused-ring (bicyclic) bond motifs is 1. The van der Waals surface area contributed by atoms with Crippen LogP contribution in [0.5, 0.6) is 0 Å². The van der Waals surface area contributed by atoms with Crippen molar-refractivity contribution >= 4 is 16.6 Å². The molecule has 0 aliphatic heterocycles. The minimum absolute atomic E-state index is 0.713. The molecule has 1 N–H and O–H groups in total. The third-order valence-corrected chi connectivity index (χ3v) is 2.95. The number of aromatic nitrogens is 1. The molecule has 0 radical (unpaired) electrons. The van der Waals surface area contributed by atoms with E-state index in [1.54, 1.807) is 0 Å². The molecular weight excluding hydrogens is 196 g/mol. The third-order valence-electron chi connectivity index (χ3n) is 2.95. The molecule has 0 bridgehead atoms. The van der Waals surface area contributed by atoms with Crippen LogP contribution >= 0.6 is 0 Å². The SMILES string of the molecule is CCC(C)CNc1ccc2ncccc2c1. The minimum atomic E-state index is 0.713. The van der Waals surface area contributed by atoms with Crippen LogP contribution in [0, 0.1) is 5.92 Å². The molecule has 2 heteroatoms. The lowest BCUT2D eigenvalue weighted by Gasteiger charge is -2.11. The van der Waals surface area contributed by atoms with Gasteiger partial charge in [-0.15, -0.1) is 0 Å². The predicted octanol–water partition coefficient (Wildman–Crippen LogP) is 3.69. The van der Waals surface area contributed by atoms with E-state index in [1.807, 2.05) is 12.3 Å². The molecule has 0 fully saturated rings. The summed E-state index contributed by atoms with van der Waals surface area (Å²) < 4.78 is 0. The third kappa shape index (κ3) is 2.51. The van der Waals surface area contributed by atoms with Crippen molar-refractivity contribution in [2.75, 3.05) is 11.9 Å². The summed E-state index contributed by atoms with van der Waals surface area (Å²) in [6, 6.07) is 10.4. The maximum Gasteiger partial charge on any atom is 0.0703 e. The molecule has 2 rings (SSSR count). The van der Waals surface area contributed by atoms with Gasteiger partial charge < -0.3 is 5.32 Å². The smallest absolute Gasteiger partial charge is 0.0703 e. The van der Waals surface area contributed by atoms with Crippen LogP contribution in [0.4, 0.5) is 5.69 Å². The monoisotopic (exact) mass is 214 g/mol. The van der Waals surface area contributed by atoms with Crippen molar-refractivity contribution in [2.24, 2.45) is 5.92 Å². The van der Waals surface area contributed by atoms with Crippen molar-refractivity contribution in [3.05, 3.63) is 36.5 Å². The Bertz CT molecular complexity index is 465. The molecule has 1 aromatic heterocycles. The van der Waals surface area contributed by atoms with Gasteiger partial charge in [0, 0.05) is 23.8 Å². The normalized spacial score (nSPS) is 12.6. The number of rotatable bonds is 4. The van der Waals surface area contributed by atoms with Crippen LogP contribution in [0.1, 0.15) is 20.3 Å².